The Balaban J connectivity index is 2.66. The van der Waals surface area contributed by atoms with Gasteiger partial charge in [0.05, 0.1) is 0 Å². The summed E-state index contributed by atoms with van der Waals surface area (Å²) >= 11 is 0. The predicted octanol–water partition coefficient (Wildman–Crippen LogP) is 3.22. The van der Waals surface area contributed by atoms with Crippen LogP contribution in [0, 0.1) is 13.8 Å². The fourth-order valence-electron chi connectivity index (χ4n) is 1.97. The quantitative estimate of drug-likeness (QED) is 0.703. The summed E-state index contributed by atoms with van der Waals surface area (Å²) in [4.78, 5) is 14.4. The Morgan fingerprint density at radius 3 is 2.41 bits per heavy atom. The van der Waals surface area contributed by atoms with E-state index >= 15 is 0 Å². The number of aryl methyl sites for hydroxylation is 2. The standard InChI is InChI=1S/C15H23NO/c1-5-16(6-2)10-9-15(17)14-11-12(3)7-8-13(14)4/h7-8,11H,5-6,9-10H2,1-4H3. The van der Waals surface area contributed by atoms with E-state index in [9.17, 15) is 4.79 Å². The molecule has 0 N–H and O–H groups in total. The normalized spacial score (nSPS) is 10.9. The molecule has 2 nitrogen and oxygen atoms in total. The van der Waals surface area contributed by atoms with Crippen LogP contribution in [0.1, 0.15) is 41.8 Å². The molecule has 0 aliphatic rings. The third-order valence-electron chi connectivity index (χ3n) is 3.24. The summed E-state index contributed by atoms with van der Waals surface area (Å²) in [5.74, 6) is 0.262. The Hall–Kier alpha value is -1.15. The molecule has 0 heterocycles. The molecule has 2 heteroatoms. The predicted molar refractivity (Wildman–Crippen MR) is 72.7 cm³/mol. The maximum atomic E-state index is 12.1. The van der Waals surface area contributed by atoms with Crippen LogP contribution in [-0.2, 0) is 0 Å². The molecule has 0 fully saturated rings. The van der Waals surface area contributed by atoms with Crippen molar-refractivity contribution in [2.75, 3.05) is 19.6 Å². The summed E-state index contributed by atoms with van der Waals surface area (Å²) in [5.41, 5.74) is 3.12. The maximum absolute atomic E-state index is 12.1. The SMILES string of the molecule is CCN(CC)CCC(=O)c1cc(C)ccc1C. The summed E-state index contributed by atoms with van der Waals surface area (Å²) in [6.07, 6.45) is 0.617. The highest BCUT2D eigenvalue weighted by atomic mass is 16.1. The van der Waals surface area contributed by atoms with Crippen molar-refractivity contribution in [2.45, 2.75) is 34.1 Å². The van der Waals surface area contributed by atoms with Gasteiger partial charge < -0.3 is 4.90 Å². The molecule has 0 aliphatic heterocycles. The Bertz CT molecular complexity index is 381. The number of nitrogens with zero attached hydrogens (tertiary/aromatic N) is 1. The first-order valence-corrected chi connectivity index (χ1v) is 6.41. The van der Waals surface area contributed by atoms with Crippen LogP contribution in [0.2, 0.25) is 0 Å². The summed E-state index contributed by atoms with van der Waals surface area (Å²) in [5, 5.41) is 0. The minimum Gasteiger partial charge on any atom is -0.303 e. The van der Waals surface area contributed by atoms with Gasteiger partial charge in [0, 0.05) is 18.5 Å². The van der Waals surface area contributed by atoms with Gasteiger partial charge in [0.25, 0.3) is 0 Å². The molecule has 0 aliphatic carbocycles. The molecule has 0 spiro atoms. The van der Waals surface area contributed by atoms with Gasteiger partial charge in [-0.2, -0.15) is 0 Å². The van der Waals surface area contributed by atoms with Gasteiger partial charge in [0.2, 0.25) is 0 Å². The second-order valence-electron chi connectivity index (χ2n) is 4.52. The van der Waals surface area contributed by atoms with Crippen molar-refractivity contribution < 1.29 is 4.79 Å². The molecule has 0 saturated heterocycles. The van der Waals surface area contributed by atoms with Crippen LogP contribution in [-0.4, -0.2) is 30.3 Å². The van der Waals surface area contributed by atoms with Gasteiger partial charge in [-0.25, -0.2) is 0 Å². The van der Waals surface area contributed by atoms with Gasteiger partial charge in [-0.3, -0.25) is 4.79 Å². The molecule has 1 aromatic rings. The smallest absolute Gasteiger partial charge is 0.164 e. The maximum Gasteiger partial charge on any atom is 0.164 e. The van der Waals surface area contributed by atoms with Crippen molar-refractivity contribution >= 4 is 5.78 Å². The first-order valence-electron chi connectivity index (χ1n) is 6.41. The van der Waals surface area contributed by atoms with Crippen molar-refractivity contribution in [1.82, 2.24) is 4.90 Å². The zero-order chi connectivity index (χ0) is 12.8. The van der Waals surface area contributed by atoms with Gasteiger partial charge in [-0.05, 0) is 38.6 Å². The van der Waals surface area contributed by atoms with Crippen LogP contribution in [0.3, 0.4) is 0 Å². The molecule has 1 aromatic carbocycles. The molecule has 0 radical (unpaired) electrons. The lowest BCUT2D eigenvalue weighted by atomic mass is 10.00. The molecular formula is C15H23NO. The third kappa shape index (κ3) is 3.97. The summed E-state index contributed by atoms with van der Waals surface area (Å²) in [6.45, 7) is 11.2. The van der Waals surface area contributed by atoms with Gasteiger partial charge in [-0.15, -0.1) is 0 Å². The fraction of sp³-hybridized carbons (Fsp3) is 0.533. The largest absolute Gasteiger partial charge is 0.303 e. The molecule has 17 heavy (non-hydrogen) atoms. The van der Waals surface area contributed by atoms with Crippen molar-refractivity contribution in [2.24, 2.45) is 0 Å². The number of rotatable bonds is 6. The minimum absolute atomic E-state index is 0.262. The number of benzene rings is 1. The lowest BCUT2D eigenvalue weighted by Crippen LogP contribution is -2.25. The number of carbonyl (C=O) groups is 1. The van der Waals surface area contributed by atoms with Crippen molar-refractivity contribution in [3.8, 4) is 0 Å². The molecule has 0 saturated carbocycles. The number of ketones is 1. The average molecular weight is 233 g/mol. The van der Waals surface area contributed by atoms with Gasteiger partial charge in [0.15, 0.2) is 5.78 Å². The van der Waals surface area contributed by atoms with E-state index in [-0.39, 0.29) is 5.78 Å². The van der Waals surface area contributed by atoms with E-state index in [4.69, 9.17) is 0 Å². The monoisotopic (exact) mass is 233 g/mol. The van der Waals surface area contributed by atoms with Crippen LogP contribution in [0.15, 0.2) is 18.2 Å². The Labute approximate surface area is 105 Å². The summed E-state index contributed by atoms with van der Waals surface area (Å²) in [6, 6.07) is 6.08. The number of hydrogen-bond donors (Lipinski definition) is 0. The highest BCUT2D eigenvalue weighted by Gasteiger charge is 2.10. The van der Waals surface area contributed by atoms with Crippen LogP contribution >= 0.6 is 0 Å². The van der Waals surface area contributed by atoms with Crippen molar-refractivity contribution in [1.29, 1.82) is 0 Å². The number of carbonyl (C=O) groups excluding carboxylic acids is 1. The van der Waals surface area contributed by atoms with Crippen molar-refractivity contribution in [3.63, 3.8) is 0 Å². The second-order valence-corrected chi connectivity index (χ2v) is 4.52. The molecular weight excluding hydrogens is 210 g/mol. The number of hydrogen-bond acceptors (Lipinski definition) is 2. The molecule has 0 atom stereocenters. The van der Waals surface area contributed by atoms with Crippen LogP contribution < -0.4 is 0 Å². The zero-order valence-electron chi connectivity index (χ0n) is 11.4. The fourth-order valence-corrected chi connectivity index (χ4v) is 1.97. The first kappa shape index (κ1) is 13.9. The van der Waals surface area contributed by atoms with Gasteiger partial charge in [-0.1, -0.05) is 31.5 Å². The van der Waals surface area contributed by atoms with E-state index in [2.05, 4.69) is 24.8 Å². The van der Waals surface area contributed by atoms with E-state index in [1.54, 1.807) is 0 Å². The topological polar surface area (TPSA) is 20.3 Å². The molecule has 0 bridgehead atoms. The van der Waals surface area contributed by atoms with Gasteiger partial charge >= 0.3 is 0 Å². The highest BCUT2D eigenvalue weighted by Crippen LogP contribution is 2.13. The van der Waals surface area contributed by atoms with E-state index in [1.165, 1.54) is 0 Å². The third-order valence-corrected chi connectivity index (χ3v) is 3.24. The minimum atomic E-state index is 0.262. The lowest BCUT2D eigenvalue weighted by molar-refractivity contribution is 0.0966. The molecule has 1 rings (SSSR count). The Kier molecular flexibility index (Phi) is 5.36. The first-order chi connectivity index (χ1) is 8.08. The average Bonchev–Trinajstić information content (AvgIpc) is 2.33. The van der Waals surface area contributed by atoms with Crippen LogP contribution in [0.5, 0.6) is 0 Å². The van der Waals surface area contributed by atoms with Crippen molar-refractivity contribution in [3.05, 3.63) is 34.9 Å². The summed E-state index contributed by atoms with van der Waals surface area (Å²) in [7, 11) is 0. The number of Topliss-reactive ketones (excluding diaryl/α,β-unsaturated/α-hetero) is 1. The highest BCUT2D eigenvalue weighted by molar-refractivity contribution is 5.97. The van der Waals surface area contributed by atoms with E-state index in [0.29, 0.717) is 6.42 Å². The van der Waals surface area contributed by atoms with Crippen LogP contribution in [0.4, 0.5) is 0 Å². The van der Waals surface area contributed by atoms with Gasteiger partial charge in [0.1, 0.15) is 0 Å². The van der Waals surface area contributed by atoms with E-state index in [1.807, 2.05) is 26.0 Å². The zero-order valence-corrected chi connectivity index (χ0v) is 11.4. The van der Waals surface area contributed by atoms with Crippen LogP contribution in [0.25, 0.3) is 0 Å². The molecule has 0 aromatic heterocycles. The second kappa shape index (κ2) is 6.55. The Morgan fingerprint density at radius 1 is 1.18 bits per heavy atom. The molecule has 0 unspecified atom stereocenters. The Morgan fingerprint density at radius 2 is 1.82 bits per heavy atom. The lowest BCUT2D eigenvalue weighted by Gasteiger charge is -2.17. The van der Waals surface area contributed by atoms with E-state index in [0.717, 1.165) is 36.3 Å². The van der Waals surface area contributed by atoms with E-state index < -0.39 is 0 Å². The molecule has 94 valence electrons. The summed E-state index contributed by atoms with van der Waals surface area (Å²) < 4.78 is 0. The molecule has 0 amide bonds.